The summed E-state index contributed by atoms with van der Waals surface area (Å²) in [6, 6.07) is 3.68. The van der Waals surface area contributed by atoms with Crippen LogP contribution in [0.5, 0.6) is 0 Å². The summed E-state index contributed by atoms with van der Waals surface area (Å²) in [5.41, 5.74) is 3.11. The lowest BCUT2D eigenvalue weighted by Crippen LogP contribution is -2.17. The first-order chi connectivity index (χ1) is 14.5. The number of rotatable bonds is 4. The zero-order valence-electron chi connectivity index (χ0n) is 17.2. The molecule has 2 aliphatic heterocycles. The molecule has 0 aliphatic carbocycles. The fourth-order valence-corrected chi connectivity index (χ4v) is 4.33. The molecule has 6 nitrogen and oxygen atoms in total. The van der Waals surface area contributed by atoms with Crippen LogP contribution in [0, 0.1) is 0 Å². The van der Waals surface area contributed by atoms with E-state index in [2.05, 4.69) is 6.08 Å². The van der Waals surface area contributed by atoms with Crippen LogP contribution in [-0.4, -0.2) is 34.3 Å². The van der Waals surface area contributed by atoms with Crippen molar-refractivity contribution in [3.63, 3.8) is 0 Å². The van der Waals surface area contributed by atoms with E-state index in [1.165, 1.54) is 6.42 Å². The van der Waals surface area contributed by atoms with E-state index < -0.39 is 0 Å². The van der Waals surface area contributed by atoms with Gasteiger partial charge >= 0.3 is 11.9 Å². The molecule has 0 spiro atoms. The Morgan fingerprint density at radius 1 is 0.933 bits per heavy atom. The lowest BCUT2D eigenvalue weighted by atomic mass is 10.1. The molecular weight excluding hydrogens is 427 g/mol. The van der Waals surface area contributed by atoms with E-state index in [1.807, 2.05) is 21.3 Å². The van der Waals surface area contributed by atoms with Crippen molar-refractivity contribution in [1.29, 1.82) is 0 Å². The molecule has 8 heteroatoms. The molecule has 0 saturated heterocycles. The molecule has 0 unspecified atom stereocenters. The summed E-state index contributed by atoms with van der Waals surface area (Å²) in [7, 11) is 0. The van der Waals surface area contributed by atoms with E-state index >= 15 is 0 Å². The van der Waals surface area contributed by atoms with Crippen molar-refractivity contribution < 1.29 is 19.1 Å². The van der Waals surface area contributed by atoms with Gasteiger partial charge in [-0.15, -0.1) is 0 Å². The van der Waals surface area contributed by atoms with E-state index in [0.29, 0.717) is 34.6 Å². The highest BCUT2D eigenvalue weighted by atomic mass is 35.5. The van der Waals surface area contributed by atoms with Crippen molar-refractivity contribution in [2.75, 3.05) is 13.2 Å². The van der Waals surface area contributed by atoms with Gasteiger partial charge in [0.15, 0.2) is 0 Å². The summed E-state index contributed by atoms with van der Waals surface area (Å²) in [5, 5.41) is 0.986. The molecule has 30 heavy (non-hydrogen) atoms. The SMILES string of the molecule is CCOC(=O)c1c(Cl)cc2n1CCC=C2.CCOC(=O)c1c(Cl)cc2n1CCCC2. The number of hydrogen-bond acceptors (Lipinski definition) is 4. The van der Waals surface area contributed by atoms with Gasteiger partial charge in [0.2, 0.25) is 0 Å². The van der Waals surface area contributed by atoms with Gasteiger partial charge in [0.1, 0.15) is 11.4 Å². The Kier molecular flexibility index (Phi) is 7.67. The van der Waals surface area contributed by atoms with Crippen molar-refractivity contribution in [2.45, 2.75) is 52.6 Å². The average Bonchev–Trinajstić information content (AvgIpc) is 3.23. The molecule has 2 aromatic heterocycles. The summed E-state index contributed by atoms with van der Waals surface area (Å²) < 4.78 is 13.8. The predicted octanol–water partition coefficient (Wildman–Crippen LogP) is 5.39. The molecule has 0 fully saturated rings. The molecule has 0 amide bonds. The number of carbonyl (C=O) groups excluding carboxylic acids is 2. The van der Waals surface area contributed by atoms with Crippen LogP contribution in [0.4, 0.5) is 0 Å². The maximum Gasteiger partial charge on any atom is 0.356 e. The molecular formula is C22H26Cl2N2O4. The molecule has 4 rings (SSSR count). The third-order valence-electron chi connectivity index (χ3n) is 5.03. The van der Waals surface area contributed by atoms with Crippen molar-refractivity contribution in [1.82, 2.24) is 9.13 Å². The van der Waals surface area contributed by atoms with Crippen molar-refractivity contribution in [3.8, 4) is 0 Å². The Labute approximate surface area is 186 Å². The van der Waals surface area contributed by atoms with Crippen molar-refractivity contribution in [2.24, 2.45) is 0 Å². The van der Waals surface area contributed by atoms with Gasteiger partial charge in [0, 0.05) is 24.5 Å². The number of nitrogens with zero attached hydrogens (tertiary/aromatic N) is 2. The fraction of sp³-hybridized carbons (Fsp3) is 0.455. The average molecular weight is 453 g/mol. The first kappa shape index (κ1) is 22.5. The lowest BCUT2D eigenvalue weighted by molar-refractivity contribution is 0.0503. The predicted molar refractivity (Wildman–Crippen MR) is 117 cm³/mol. The topological polar surface area (TPSA) is 62.5 Å². The second-order valence-corrected chi connectivity index (χ2v) is 7.80. The smallest absolute Gasteiger partial charge is 0.356 e. The van der Waals surface area contributed by atoms with Gasteiger partial charge < -0.3 is 18.6 Å². The molecule has 0 N–H and O–H groups in total. The number of hydrogen-bond donors (Lipinski definition) is 0. The number of allylic oxidation sites excluding steroid dienone is 1. The van der Waals surface area contributed by atoms with Crippen LogP contribution in [-0.2, 0) is 29.0 Å². The molecule has 2 aromatic rings. The monoisotopic (exact) mass is 452 g/mol. The minimum Gasteiger partial charge on any atom is -0.461 e. The number of fused-ring (bicyclic) bond motifs is 2. The molecule has 162 valence electrons. The number of halogens is 2. The zero-order valence-corrected chi connectivity index (χ0v) is 18.8. The Morgan fingerprint density at radius 3 is 2.23 bits per heavy atom. The summed E-state index contributed by atoms with van der Waals surface area (Å²) in [6.45, 7) is 5.99. The second kappa shape index (κ2) is 10.2. The Hall–Kier alpha value is -2.18. The molecule has 0 atom stereocenters. The first-order valence-corrected chi connectivity index (χ1v) is 11.0. The molecule has 2 aliphatic rings. The Balaban J connectivity index is 0.000000171. The number of aryl methyl sites for hydroxylation is 1. The van der Waals surface area contributed by atoms with Gasteiger partial charge in [-0.3, -0.25) is 0 Å². The second-order valence-electron chi connectivity index (χ2n) is 6.99. The van der Waals surface area contributed by atoms with Gasteiger partial charge in [0.25, 0.3) is 0 Å². The Morgan fingerprint density at radius 2 is 1.57 bits per heavy atom. The molecule has 0 saturated carbocycles. The van der Waals surface area contributed by atoms with Crippen LogP contribution in [0.25, 0.3) is 6.08 Å². The highest BCUT2D eigenvalue weighted by Gasteiger charge is 2.23. The van der Waals surface area contributed by atoms with Gasteiger partial charge in [-0.25, -0.2) is 9.59 Å². The van der Waals surface area contributed by atoms with Gasteiger partial charge in [-0.05, 0) is 57.7 Å². The fourth-order valence-electron chi connectivity index (χ4n) is 3.74. The minimum atomic E-state index is -0.343. The standard InChI is InChI=1S/C11H14ClNO2.C11H12ClNO2/c2*1-2-15-11(14)10-9(12)7-8-5-3-4-6-13(8)10/h7H,2-6H2,1H3;3,5,7H,2,4,6H2,1H3. The van der Waals surface area contributed by atoms with Crippen LogP contribution in [0.2, 0.25) is 10.0 Å². The van der Waals surface area contributed by atoms with Crippen LogP contribution in [0.3, 0.4) is 0 Å². The maximum atomic E-state index is 11.7. The number of carbonyl (C=O) groups is 2. The van der Waals surface area contributed by atoms with Gasteiger partial charge in [-0.1, -0.05) is 29.3 Å². The van der Waals surface area contributed by atoms with E-state index in [9.17, 15) is 9.59 Å². The van der Waals surface area contributed by atoms with Crippen LogP contribution < -0.4 is 0 Å². The van der Waals surface area contributed by atoms with E-state index in [4.69, 9.17) is 32.7 Å². The maximum absolute atomic E-state index is 11.7. The zero-order chi connectivity index (χ0) is 21.7. The van der Waals surface area contributed by atoms with Crippen molar-refractivity contribution >= 4 is 41.2 Å². The third kappa shape index (κ3) is 4.76. The summed E-state index contributed by atoms with van der Waals surface area (Å²) in [6.07, 6.45) is 8.23. The highest BCUT2D eigenvalue weighted by Crippen LogP contribution is 2.27. The van der Waals surface area contributed by atoms with E-state index in [0.717, 1.165) is 43.7 Å². The molecule has 0 aromatic carbocycles. The summed E-state index contributed by atoms with van der Waals surface area (Å²) in [5.74, 6) is -0.653. The lowest BCUT2D eigenvalue weighted by Gasteiger charge is -2.17. The summed E-state index contributed by atoms with van der Waals surface area (Å²) in [4.78, 5) is 23.3. The van der Waals surface area contributed by atoms with Crippen LogP contribution in [0.15, 0.2) is 18.2 Å². The van der Waals surface area contributed by atoms with Gasteiger partial charge in [-0.2, -0.15) is 0 Å². The number of aromatic nitrogens is 2. The van der Waals surface area contributed by atoms with Crippen LogP contribution in [0.1, 0.15) is 65.5 Å². The van der Waals surface area contributed by atoms with Crippen molar-refractivity contribution in [3.05, 3.63) is 51.0 Å². The van der Waals surface area contributed by atoms with E-state index in [-0.39, 0.29) is 11.9 Å². The quantitative estimate of drug-likeness (QED) is 0.583. The first-order valence-electron chi connectivity index (χ1n) is 10.3. The van der Waals surface area contributed by atoms with E-state index in [1.54, 1.807) is 19.9 Å². The molecule has 0 radical (unpaired) electrons. The molecule has 4 heterocycles. The normalized spacial score (nSPS) is 14.3. The summed E-state index contributed by atoms with van der Waals surface area (Å²) >= 11 is 12.1. The van der Waals surface area contributed by atoms with Gasteiger partial charge in [0.05, 0.1) is 23.3 Å². The Bertz CT molecular complexity index is 959. The minimum absolute atomic E-state index is 0.310. The number of ether oxygens (including phenoxy) is 2. The highest BCUT2D eigenvalue weighted by molar-refractivity contribution is 6.34. The van der Waals surface area contributed by atoms with Crippen LogP contribution >= 0.6 is 23.2 Å². The largest absolute Gasteiger partial charge is 0.461 e. The number of esters is 2. The third-order valence-corrected chi connectivity index (χ3v) is 5.61. The molecule has 0 bridgehead atoms.